The molecule has 0 fully saturated rings. The Morgan fingerprint density at radius 1 is 0.464 bits per heavy atom. The molecule has 1 atom stereocenters. The summed E-state index contributed by atoms with van der Waals surface area (Å²) in [5.41, 5.74) is 8.86. The summed E-state index contributed by atoms with van der Waals surface area (Å²) in [6.45, 7) is 0. The summed E-state index contributed by atoms with van der Waals surface area (Å²) in [6.07, 6.45) is 9.11. The van der Waals surface area contributed by atoms with Crippen molar-refractivity contribution in [2.24, 2.45) is 0 Å². The highest BCUT2D eigenvalue weighted by Crippen LogP contribution is 2.46. The standard InChI is InChI=1S/C53H31NS2/c1-2-14-40-38-12-3-5-17-48(38)55-52(40)36(11-1)34-23-27-46-43(29-34)44-30-35(37-15-8-16-41-39-13-4-6-18-49(39)56-53(37)41)24-28-47(44)54(46)45-26-22-33-20-19-31-9-7-10-32-21-25-42(45)51(33)50(31)32/h1-30,36H. The van der Waals surface area contributed by atoms with E-state index in [9.17, 15) is 0 Å². The van der Waals surface area contributed by atoms with Gasteiger partial charge in [0.15, 0.2) is 0 Å². The van der Waals surface area contributed by atoms with Crippen LogP contribution in [-0.2, 0) is 0 Å². The van der Waals surface area contributed by atoms with Gasteiger partial charge in [-0.25, -0.2) is 0 Å². The van der Waals surface area contributed by atoms with Crippen LogP contribution in [0.3, 0.4) is 0 Å². The fourth-order valence-electron chi connectivity index (χ4n) is 9.71. The Labute approximate surface area is 330 Å². The average molecular weight is 746 g/mol. The number of hydrogen-bond acceptors (Lipinski definition) is 2. The van der Waals surface area contributed by atoms with Crippen LogP contribution >= 0.6 is 22.7 Å². The molecule has 0 N–H and O–H groups in total. The smallest absolute Gasteiger partial charge is 0.0541 e. The molecule has 3 aromatic heterocycles. The zero-order chi connectivity index (χ0) is 36.5. The summed E-state index contributed by atoms with van der Waals surface area (Å²) >= 11 is 3.83. The summed E-state index contributed by atoms with van der Waals surface area (Å²) in [5, 5.41) is 14.4. The first-order valence-corrected chi connectivity index (χ1v) is 20.9. The molecule has 0 bridgehead atoms. The molecule has 0 aliphatic heterocycles. The molecule has 1 aliphatic rings. The SMILES string of the molecule is C1=Cc2c(sc3ccccc23)C(c2ccc3c(c2)c2cc(-c4cccc5c4sc4ccccc45)ccc2n3-c2ccc3ccc4cccc5ccc2c3c45)C=C1. The molecule has 13 rings (SSSR count). The van der Waals surface area contributed by atoms with Crippen LogP contribution < -0.4 is 0 Å². The molecule has 3 heterocycles. The lowest BCUT2D eigenvalue weighted by atomic mass is 9.93. The second-order valence-corrected chi connectivity index (χ2v) is 17.3. The van der Waals surface area contributed by atoms with Crippen molar-refractivity contribution in [2.45, 2.75) is 5.92 Å². The van der Waals surface area contributed by atoms with Gasteiger partial charge >= 0.3 is 0 Å². The molecule has 1 nitrogen and oxygen atoms in total. The van der Waals surface area contributed by atoms with Gasteiger partial charge in [-0.05, 0) is 97.0 Å². The number of rotatable bonds is 3. The Morgan fingerprint density at radius 2 is 1.16 bits per heavy atom. The van der Waals surface area contributed by atoms with Crippen molar-refractivity contribution in [2.75, 3.05) is 0 Å². The van der Waals surface area contributed by atoms with Gasteiger partial charge in [-0.3, -0.25) is 0 Å². The Kier molecular flexibility index (Phi) is 6.32. The van der Waals surface area contributed by atoms with E-state index in [2.05, 4.69) is 187 Å². The van der Waals surface area contributed by atoms with Crippen molar-refractivity contribution in [1.82, 2.24) is 4.57 Å². The monoisotopic (exact) mass is 745 g/mol. The van der Waals surface area contributed by atoms with Gasteiger partial charge in [0.25, 0.3) is 0 Å². The van der Waals surface area contributed by atoms with Crippen LogP contribution in [0, 0.1) is 0 Å². The molecule has 12 aromatic rings. The molecular weight excluding hydrogens is 715 g/mol. The normalized spacial score (nSPS) is 14.5. The fraction of sp³-hybridized carbons (Fsp3) is 0.0189. The van der Waals surface area contributed by atoms with Gasteiger partial charge in [0.05, 0.1) is 16.7 Å². The van der Waals surface area contributed by atoms with Crippen LogP contribution in [-0.4, -0.2) is 4.57 Å². The lowest BCUT2D eigenvalue weighted by Gasteiger charge is -2.17. The van der Waals surface area contributed by atoms with Gasteiger partial charge in [-0.15, -0.1) is 22.7 Å². The lowest BCUT2D eigenvalue weighted by Crippen LogP contribution is -1.98. The van der Waals surface area contributed by atoms with E-state index in [-0.39, 0.29) is 5.92 Å². The van der Waals surface area contributed by atoms with Crippen LogP contribution in [0.15, 0.2) is 176 Å². The van der Waals surface area contributed by atoms with Crippen LogP contribution in [0.5, 0.6) is 0 Å². The first kappa shape index (κ1) is 30.8. The van der Waals surface area contributed by atoms with Gasteiger partial charge in [-0.1, -0.05) is 140 Å². The van der Waals surface area contributed by atoms with Gasteiger partial charge in [-0.2, -0.15) is 0 Å². The quantitative estimate of drug-likeness (QED) is 0.159. The maximum absolute atomic E-state index is 2.53. The zero-order valence-electron chi connectivity index (χ0n) is 30.2. The van der Waals surface area contributed by atoms with Crippen molar-refractivity contribution in [3.05, 3.63) is 192 Å². The molecule has 0 saturated heterocycles. The van der Waals surface area contributed by atoms with Crippen molar-refractivity contribution in [3.63, 3.8) is 0 Å². The van der Waals surface area contributed by atoms with Crippen LogP contribution in [0.4, 0.5) is 0 Å². The van der Waals surface area contributed by atoms with Gasteiger partial charge in [0.1, 0.15) is 0 Å². The minimum Gasteiger partial charge on any atom is -0.309 e. The lowest BCUT2D eigenvalue weighted by molar-refractivity contribution is 1.06. The largest absolute Gasteiger partial charge is 0.309 e. The predicted molar refractivity (Wildman–Crippen MR) is 245 cm³/mol. The Morgan fingerprint density at radius 3 is 2.04 bits per heavy atom. The molecular formula is C53H31NS2. The topological polar surface area (TPSA) is 4.93 Å². The molecule has 0 radical (unpaired) electrons. The van der Waals surface area contributed by atoms with E-state index in [4.69, 9.17) is 0 Å². The second kappa shape index (κ2) is 11.5. The third kappa shape index (κ3) is 4.24. The number of hydrogen-bond donors (Lipinski definition) is 0. The van der Waals surface area contributed by atoms with E-state index >= 15 is 0 Å². The number of allylic oxidation sites excluding steroid dienone is 3. The van der Waals surface area contributed by atoms with Gasteiger partial charge < -0.3 is 4.57 Å². The highest BCUT2D eigenvalue weighted by molar-refractivity contribution is 7.26. The third-order valence-corrected chi connectivity index (χ3v) is 14.7. The highest BCUT2D eigenvalue weighted by Gasteiger charge is 2.24. The van der Waals surface area contributed by atoms with Crippen molar-refractivity contribution in [1.29, 1.82) is 0 Å². The summed E-state index contributed by atoms with van der Waals surface area (Å²) in [6, 6.07) is 59.4. The van der Waals surface area contributed by atoms with Crippen LogP contribution in [0.25, 0.3) is 107 Å². The maximum atomic E-state index is 2.53. The van der Waals surface area contributed by atoms with Crippen molar-refractivity contribution in [3.8, 4) is 16.8 Å². The molecule has 1 aliphatic carbocycles. The van der Waals surface area contributed by atoms with E-state index in [0.717, 1.165) is 0 Å². The Balaban J connectivity index is 1.10. The van der Waals surface area contributed by atoms with Crippen molar-refractivity contribution < 1.29 is 0 Å². The summed E-state index contributed by atoms with van der Waals surface area (Å²) < 4.78 is 6.55. The van der Waals surface area contributed by atoms with Gasteiger partial charge in [0, 0.05) is 51.8 Å². The maximum Gasteiger partial charge on any atom is 0.0541 e. The van der Waals surface area contributed by atoms with Crippen LogP contribution in [0.1, 0.15) is 21.9 Å². The van der Waals surface area contributed by atoms with E-state index in [1.807, 2.05) is 22.7 Å². The van der Waals surface area contributed by atoms with Crippen LogP contribution in [0.2, 0.25) is 0 Å². The Hall–Kier alpha value is -6.52. The second-order valence-electron chi connectivity index (χ2n) is 15.2. The fourth-order valence-corrected chi connectivity index (χ4v) is 12.3. The van der Waals surface area contributed by atoms with Crippen molar-refractivity contribution >= 4 is 113 Å². The molecule has 56 heavy (non-hydrogen) atoms. The highest BCUT2D eigenvalue weighted by atomic mass is 32.1. The van der Waals surface area contributed by atoms with E-state index in [1.165, 1.54) is 117 Å². The molecule has 0 saturated carbocycles. The summed E-state index contributed by atoms with van der Waals surface area (Å²) in [4.78, 5) is 1.41. The first-order valence-electron chi connectivity index (χ1n) is 19.3. The summed E-state index contributed by atoms with van der Waals surface area (Å²) in [5.74, 6) is 0.158. The number of nitrogens with zero attached hydrogens (tertiary/aromatic N) is 1. The zero-order valence-corrected chi connectivity index (χ0v) is 31.8. The molecule has 1 unspecified atom stereocenters. The Bertz CT molecular complexity index is 3650. The minimum atomic E-state index is 0.158. The number of thiophene rings is 2. The third-order valence-electron chi connectivity index (χ3n) is 12.2. The van der Waals surface area contributed by atoms with E-state index < -0.39 is 0 Å². The molecule has 0 spiro atoms. The predicted octanol–water partition coefficient (Wildman–Crippen LogP) is 15.6. The first-order chi connectivity index (χ1) is 27.8. The molecule has 3 heteroatoms. The van der Waals surface area contributed by atoms with E-state index in [0.29, 0.717) is 0 Å². The molecule has 0 amide bonds. The van der Waals surface area contributed by atoms with Gasteiger partial charge in [0.2, 0.25) is 0 Å². The molecule has 260 valence electrons. The molecule has 9 aromatic carbocycles. The number of benzene rings is 9. The van der Waals surface area contributed by atoms with E-state index in [1.54, 1.807) is 0 Å². The summed E-state index contributed by atoms with van der Waals surface area (Å²) in [7, 11) is 0. The number of fused-ring (bicyclic) bond motifs is 9. The average Bonchev–Trinajstić information content (AvgIpc) is 3.86. The minimum absolute atomic E-state index is 0.158. The number of aromatic nitrogens is 1.